The smallest absolute Gasteiger partial charge is 0.331 e. The first-order valence-electron chi connectivity index (χ1n) is 12.1. The number of likely N-dealkylation sites (N-methyl/N-ethyl adjacent to an activating group) is 1. The fourth-order valence-electron chi connectivity index (χ4n) is 4.36. The van der Waals surface area contributed by atoms with Crippen LogP contribution in [0.3, 0.4) is 0 Å². The van der Waals surface area contributed by atoms with Gasteiger partial charge in [0.1, 0.15) is 18.9 Å². The molecule has 1 fully saturated rings. The lowest BCUT2D eigenvalue weighted by Crippen LogP contribution is -2.40. The largest absolute Gasteiger partial charge is 0.486 e. The van der Waals surface area contributed by atoms with Crippen LogP contribution in [0.5, 0.6) is 11.5 Å². The molecule has 5 rings (SSSR count). The normalized spacial score (nSPS) is 17.9. The third-order valence-electron chi connectivity index (χ3n) is 6.47. The zero-order chi connectivity index (χ0) is 26.7. The summed E-state index contributed by atoms with van der Waals surface area (Å²) in [5.41, 5.74) is 2.89. The van der Waals surface area contributed by atoms with Crippen LogP contribution >= 0.6 is 0 Å². The third-order valence-corrected chi connectivity index (χ3v) is 8.22. The molecule has 0 aliphatic carbocycles. The van der Waals surface area contributed by atoms with Crippen LogP contribution in [0.4, 0.5) is 0 Å². The SMILES string of the molecule is CN(C(=O)COC(=O)C=Cc1cn(-c2ccccc2)nc1-c1ccc2c(c1)OCCO2)C1CCS(=O)(=O)C1. The molecule has 2 aromatic carbocycles. The number of amides is 1. The molecule has 0 N–H and O–H groups in total. The van der Waals surface area contributed by atoms with E-state index < -0.39 is 34.4 Å². The molecule has 0 bridgehead atoms. The van der Waals surface area contributed by atoms with Crippen LogP contribution in [0.1, 0.15) is 12.0 Å². The van der Waals surface area contributed by atoms with Gasteiger partial charge in [-0.1, -0.05) is 18.2 Å². The van der Waals surface area contributed by atoms with Crippen molar-refractivity contribution in [2.45, 2.75) is 12.5 Å². The second-order valence-electron chi connectivity index (χ2n) is 9.07. The van der Waals surface area contributed by atoms with Gasteiger partial charge in [0, 0.05) is 36.5 Å². The molecule has 0 spiro atoms. The Morgan fingerprint density at radius 3 is 2.63 bits per heavy atom. The van der Waals surface area contributed by atoms with E-state index in [1.54, 1.807) is 17.0 Å². The van der Waals surface area contributed by atoms with Crippen molar-refractivity contribution in [3.8, 4) is 28.4 Å². The van der Waals surface area contributed by atoms with Crippen molar-refractivity contribution in [1.29, 1.82) is 0 Å². The first-order valence-corrected chi connectivity index (χ1v) is 14.0. The van der Waals surface area contributed by atoms with Gasteiger partial charge in [-0.2, -0.15) is 5.10 Å². The van der Waals surface area contributed by atoms with E-state index in [-0.39, 0.29) is 11.5 Å². The summed E-state index contributed by atoms with van der Waals surface area (Å²) in [6.07, 6.45) is 5.00. The zero-order valence-electron chi connectivity index (χ0n) is 20.8. The Balaban J connectivity index is 1.32. The van der Waals surface area contributed by atoms with E-state index in [1.165, 1.54) is 18.0 Å². The van der Waals surface area contributed by atoms with Gasteiger partial charge in [0.2, 0.25) is 0 Å². The fraction of sp³-hybridized carbons (Fsp3) is 0.296. The maximum atomic E-state index is 12.4. The number of esters is 1. The molecule has 198 valence electrons. The Bertz CT molecular complexity index is 1480. The predicted octanol–water partition coefficient (Wildman–Crippen LogP) is 2.51. The van der Waals surface area contributed by atoms with Crippen molar-refractivity contribution in [2.24, 2.45) is 0 Å². The lowest BCUT2D eigenvalue weighted by molar-refractivity contribution is -0.148. The summed E-state index contributed by atoms with van der Waals surface area (Å²) in [6, 6.07) is 14.7. The van der Waals surface area contributed by atoms with Gasteiger partial charge in [-0.15, -0.1) is 0 Å². The van der Waals surface area contributed by atoms with Crippen molar-refractivity contribution in [1.82, 2.24) is 14.7 Å². The van der Waals surface area contributed by atoms with Gasteiger partial charge in [-0.05, 0) is 42.8 Å². The molecule has 3 aromatic rings. The minimum Gasteiger partial charge on any atom is -0.486 e. The van der Waals surface area contributed by atoms with Crippen LogP contribution < -0.4 is 9.47 Å². The van der Waals surface area contributed by atoms with Crippen molar-refractivity contribution in [2.75, 3.05) is 38.4 Å². The Kier molecular flexibility index (Phi) is 7.19. The van der Waals surface area contributed by atoms with E-state index in [0.29, 0.717) is 42.4 Å². The highest BCUT2D eigenvalue weighted by Crippen LogP contribution is 2.35. The van der Waals surface area contributed by atoms with Crippen LogP contribution in [-0.4, -0.2) is 79.4 Å². The summed E-state index contributed by atoms with van der Waals surface area (Å²) in [5, 5.41) is 4.74. The van der Waals surface area contributed by atoms with Gasteiger partial charge in [0.15, 0.2) is 27.9 Å². The Morgan fingerprint density at radius 1 is 1.13 bits per heavy atom. The molecule has 1 saturated heterocycles. The summed E-state index contributed by atoms with van der Waals surface area (Å²) in [7, 11) is -1.61. The Labute approximate surface area is 220 Å². The van der Waals surface area contributed by atoms with Crippen molar-refractivity contribution in [3.05, 3.63) is 66.4 Å². The van der Waals surface area contributed by atoms with Gasteiger partial charge in [0.25, 0.3) is 5.91 Å². The number of para-hydroxylation sites is 1. The molecule has 1 aromatic heterocycles. The van der Waals surface area contributed by atoms with Crippen LogP contribution in [0.25, 0.3) is 23.0 Å². The zero-order valence-corrected chi connectivity index (χ0v) is 21.6. The maximum absolute atomic E-state index is 12.4. The highest BCUT2D eigenvalue weighted by atomic mass is 32.2. The molecule has 10 nitrogen and oxygen atoms in total. The number of carbonyl (C=O) groups excluding carboxylic acids is 2. The molecule has 2 aliphatic rings. The van der Waals surface area contributed by atoms with E-state index in [4.69, 9.17) is 19.3 Å². The van der Waals surface area contributed by atoms with E-state index in [0.717, 1.165) is 11.3 Å². The Hall–Kier alpha value is -4.12. The van der Waals surface area contributed by atoms with Gasteiger partial charge < -0.3 is 19.1 Å². The molecular weight excluding hydrogens is 510 g/mol. The molecule has 3 heterocycles. The average molecular weight is 538 g/mol. The second-order valence-corrected chi connectivity index (χ2v) is 11.3. The summed E-state index contributed by atoms with van der Waals surface area (Å²) in [4.78, 5) is 26.2. The predicted molar refractivity (Wildman–Crippen MR) is 140 cm³/mol. The molecule has 0 saturated carbocycles. The fourth-order valence-corrected chi connectivity index (χ4v) is 6.14. The lowest BCUT2D eigenvalue weighted by atomic mass is 10.1. The second kappa shape index (κ2) is 10.7. The molecule has 2 aliphatic heterocycles. The third kappa shape index (κ3) is 5.72. The molecule has 1 amide bonds. The number of hydrogen-bond acceptors (Lipinski definition) is 8. The standard InChI is InChI=1S/C27H27N3O7S/c1-29(22-11-14-38(33,34)18-22)25(31)17-37-26(32)10-8-20-16-30(21-5-3-2-4-6-21)28-27(20)19-7-9-23-24(15-19)36-13-12-35-23/h2-10,15-16,22H,11-14,17-18H2,1H3. The number of ether oxygens (including phenoxy) is 3. The first kappa shape index (κ1) is 25.5. The maximum Gasteiger partial charge on any atom is 0.331 e. The monoisotopic (exact) mass is 537 g/mol. The van der Waals surface area contributed by atoms with Crippen molar-refractivity contribution < 1.29 is 32.2 Å². The van der Waals surface area contributed by atoms with Crippen LogP contribution in [0.15, 0.2) is 60.8 Å². The number of sulfone groups is 1. The minimum atomic E-state index is -3.13. The number of hydrogen-bond donors (Lipinski definition) is 0. The van der Waals surface area contributed by atoms with Gasteiger partial charge in [-0.25, -0.2) is 17.9 Å². The van der Waals surface area contributed by atoms with Gasteiger partial charge in [-0.3, -0.25) is 4.79 Å². The van der Waals surface area contributed by atoms with E-state index in [1.807, 2.05) is 48.5 Å². The molecule has 1 atom stereocenters. The lowest BCUT2D eigenvalue weighted by Gasteiger charge is -2.22. The van der Waals surface area contributed by atoms with Crippen LogP contribution in [0, 0.1) is 0 Å². The van der Waals surface area contributed by atoms with E-state index in [9.17, 15) is 18.0 Å². The summed E-state index contributed by atoms with van der Waals surface area (Å²) in [6.45, 7) is 0.468. The number of rotatable bonds is 7. The van der Waals surface area contributed by atoms with E-state index in [2.05, 4.69) is 0 Å². The number of nitrogens with zero attached hydrogens (tertiary/aromatic N) is 3. The summed E-state index contributed by atoms with van der Waals surface area (Å²) >= 11 is 0. The summed E-state index contributed by atoms with van der Waals surface area (Å²) in [5.74, 6) is 0.106. The number of fused-ring (bicyclic) bond motifs is 1. The van der Waals surface area contributed by atoms with Crippen molar-refractivity contribution in [3.63, 3.8) is 0 Å². The quantitative estimate of drug-likeness (QED) is 0.333. The minimum absolute atomic E-state index is 0.0557. The highest BCUT2D eigenvalue weighted by Gasteiger charge is 2.32. The average Bonchev–Trinajstić information content (AvgIpc) is 3.53. The first-order chi connectivity index (χ1) is 18.3. The number of carbonyl (C=O) groups is 2. The van der Waals surface area contributed by atoms with Gasteiger partial charge >= 0.3 is 5.97 Å². The van der Waals surface area contributed by atoms with Crippen LogP contribution in [-0.2, 0) is 24.2 Å². The number of benzene rings is 2. The Morgan fingerprint density at radius 2 is 1.89 bits per heavy atom. The summed E-state index contributed by atoms with van der Waals surface area (Å²) < 4.78 is 41.6. The highest BCUT2D eigenvalue weighted by molar-refractivity contribution is 7.91. The number of aromatic nitrogens is 2. The van der Waals surface area contributed by atoms with Gasteiger partial charge in [0.05, 0.1) is 17.2 Å². The van der Waals surface area contributed by atoms with E-state index >= 15 is 0 Å². The topological polar surface area (TPSA) is 117 Å². The molecular formula is C27H27N3O7S. The van der Waals surface area contributed by atoms with Crippen LogP contribution in [0.2, 0.25) is 0 Å². The molecule has 38 heavy (non-hydrogen) atoms. The molecule has 1 unspecified atom stereocenters. The molecule has 11 heteroatoms. The van der Waals surface area contributed by atoms with Crippen molar-refractivity contribution >= 4 is 27.8 Å². The molecule has 0 radical (unpaired) electrons.